The van der Waals surface area contributed by atoms with Gasteiger partial charge < -0.3 is 5.11 Å². The third-order valence-electron chi connectivity index (χ3n) is 7.75. The number of allylic oxidation sites excluding steroid dienone is 2. The fourth-order valence-electron chi connectivity index (χ4n) is 6.57. The topological polar surface area (TPSA) is 37.3 Å². The molecule has 0 aromatic carbocycles. The average Bonchev–Trinajstić information content (AvgIpc) is 2.84. The van der Waals surface area contributed by atoms with Crippen molar-refractivity contribution in [3.63, 3.8) is 0 Å². The summed E-state index contributed by atoms with van der Waals surface area (Å²) in [7, 11) is 0. The first-order chi connectivity index (χ1) is 10.1. The molecule has 3 saturated carbocycles. The van der Waals surface area contributed by atoms with Crippen molar-refractivity contribution in [3.05, 3.63) is 11.6 Å². The van der Waals surface area contributed by atoms with Crippen molar-refractivity contribution in [1.29, 1.82) is 0 Å². The molecule has 0 bridgehead atoms. The maximum Gasteiger partial charge on any atom is 0.141 e. The van der Waals surface area contributed by atoms with Gasteiger partial charge in [-0.05, 0) is 68.1 Å². The van der Waals surface area contributed by atoms with Crippen LogP contribution in [0.3, 0.4) is 0 Å². The Morgan fingerprint density at radius 1 is 1.19 bits per heavy atom. The Balaban J connectivity index is 1.71. The highest BCUT2D eigenvalue weighted by Gasteiger charge is 2.59. The molecular weight excluding hydrogens is 260 g/mol. The van der Waals surface area contributed by atoms with E-state index in [1.54, 1.807) is 5.57 Å². The minimum atomic E-state index is -0.364. The third-order valence-corrected chi connectivity index (χ3v) is 7.75. The van der Waals surface area contributed by atoms with Crippen LogP contribution in [0.25, 0.3) is 0 Å². The number of fused-ring (bicyclic) bond motifs is 5. The van der Waals surface area contributed by atoms with Gasteiger partial charge in [-0.1, -0.05) is 25.0 Å². The molecule has 0 unspecified atom stereocenters. The number of hydrogen-bond donors (Lipinski definition) is 1. The maximum absolute atomic E-state index is 12.4. The monoisotopic (exact) mass is 288 g/mol. The van der Waals surface area contributed by atoms with Crippen molar-refractivity contribution in [1.82, 2.24) is 0 Å². The van der Waals surface area contributed by atoms with Gasteiger partial charge in [0.25, 0.3) is 0 Å². The molecule has 0 amide bonds. The Hall–Kier alpha value is -0.630. The third kappa shape index (κ3) is 1.72. The summed E-state index contributed by atoms with van der Waals surface area (Å²) in [5, 5.41) is 9.97. The predicted octanol–water partition coefficient (Wildman–Crippen LogP) is 3.88. The Morgan fingerprint density at radius 3 is 2.86 bits per heavy atom. The van der Waals surface area contributed by atoms with E-state index in [-0.39, 0.29) is 12.0 Å². The summed E-state index contributed by atoms with van der Waals surface area (Å²) in [5.74, 6) is 2.21. The Labute approximate surface area is 128 Å². The Morgan fingerprint density at radius 2 is 2.05 bits per heavy atom. The molecule has 3 fully saturated rings. The number of ketones is 1. The normalized spacial score (nSPS) is 49.1. The van der Waals surface area contributed by atoms with Crippen LogP contribution in [0, 0.1) is 28.6 Å². The number of Topliss-reactive ketones (excluding diaryl/α,β-unsaturated/α-hetero) is 1. The van der Waals surface area contributed by atoms with Crippen LogP contribution in [-0.2, 0) is 4.79 Å². The molecule has 0 heterocycles. The number of carbonyl (C=O) groups excluding carboxylic acids is 1. The van der Waals surface area contributed by atoms with E-state index in [2.05, 4.69) is 13.0 Å². The van der Waals surface area contributed by atoms with E-state index in [1.165, 1.54) is 25.7 Å². The van der Waals surface area contributed by atoms with Crippen LogP contribution in [-0.4, -0.2) is 17.5 Å². The lowest BCUT2D eigenvalue weighted by molar-refractivity contribution is -0.137. The van der Waals surface area contributed by atoms with Crippen molar-refractivity contribution < 1.29 is 9.90 Å². The zero-order valence-electron chi connectivity index (χ0n) is 13.2. The first kappa shape index (κ1) is 14.0. The standard InChI is InChI=1S/C19H28O2/c1-18-10-3-2-4-13(18)5-6-14-15(18)9-11-19(12-20)16(14)7-8-17(19)21/h5,14-16,20H,2-4,6-12H2,1H3/t14-,15+,16+,18+,19-/m1/s1. The van der Waals surface area contributed by atoms with Crippen LogP contribution >= 0.6 is 0 Å². The molecule has 2 heteroatoms. The van der Waals surface area contributed by atoms with Crippen LogP contribution in [0.2, 0.25) is 0 Å². The van der Waals surface area contributed by atoms with Gasteiger partial charge in [0, 0.05) is 6.42 Å². The van der Waals surface area contributed by atoms with E-state index in [0.29, 0.717) is 29.5 Å². The lowest BCUT2D eigenvalue weighted by atomic mass is 9.48. The molecule has 0 aliphatic heterocycles. The minimum absolute atomic E-state index is 0.0903. The molecular formula is C19H28O2. The van der Waals surface area contributed by atoms with Gasteiger partial charge in [-0.15, -0.1) is 0 Å². The second-order valence-electron chi connectivity index (χ2n) is 8.28. The highest BCUT2D eigenvalue weighted by molar-refractivity contribution is 5.87. The largest absolute Gasteiger partial charge is 0.395 e. The number of aliphatic hydroxyl groups is 1. The average molecular weight is 288 g/mol. The lowest BCUT2D eigenvalue weighted by Crippen LogP contribution is -2.51. The van der Waals surface area contributed by atoms with Gasteiger partial charge in [0.05, 0.1) is 12.0 Å². The first-order valence-electron chi connectivity index (χ1n) is 8.95. The fourth-order valence-corrected chi connectivity index (χ4v) is 6.57. The summed E-state index contributed by atoms with van der Waals surface area (Å²) in [5.41, 5.74) is 1.75. The summed E-state index contributed by atoms with van der Waals surface area (Å²) < 4.78 is 0. The predicted molar refractivity (Wildman–Crippen MR) is 82.7 cm³/mol. The van der Waals surface area contributed by atoms with Gasteiger partial charge in [-0.3, -0.25) is 4.79 Å². The first-order valence-corrected chi connectivity index (χ1v) is 8.95. The van der Waals surface area contributed by atoms with Crippen molar-refractivity contribution in [3.8, 4) is 0 Å². The van der Waals surface area contributed by atoms with Gasteiger partial charge in [0.2, 0.25) is 0 Å². The summed E-state index contributed by atoms with van der Waals surface area (Å²) in [4.78, 5) is 12.4. The number of rotatable bonds is 1. The molecule has 4 aliphatic carbocycles. The molecule has 4 aliphatic rings. The van der Waals surface area contributed by atoms with E-state index in [4.69, 9.17) is 0 Å². The molecule has 0 saturated heterocycles. The SMILES string of the molecule is C[C@]12CCCCC1=CC[C@H]1[C@@H]3CCC(=O)[C@@]3(CO)CC[C@@H]12. The summed E-state index contributed by atoms with van der Waals surface area (Å²) >= 11 is 0. The van der Waals surface area contributed by atoms with E-state index in [0.717, 1.165) is 31.6 Å². The molecule has 4 rings (SSSR count). The number of carbonyl (C=O) groups is 1. The number of aliphatic hydroxyl groups excluding tert-OH is 1. The van der Waals surface area contributed by atoms with E-state index < -0.39 is 0 Å². The second-order valence-corrected chi connectivity index (χ2v) is 8.28. The van der Waals surface area contributed by atoms with Crippen molar-refractivity contribution in [2.45, 2.75) is 64.7 Å². The Kier molecular flexibility index (Phi) is 3.12. The van der Waals surface area contributed by atoms with Gasteiger partial charge in [0.15, 0.2) is 0 Å². The van der Waals surface area contributed by atoms with Crippen molar-refractivity contribution in [2.24, 2.45) is 28.6 Å². The molecule has 0 radical (unpaired) electrons. The fraction of sp³-hybridized carbons (Fsp3) is 0.842. The van der Waals surface area contributed by atoms with E-state index in [9.17, 15) is 9.90 Å². The second kappa shape index (κ2) is 4.68. The van der Waals surface area contributed by atoms with E-state index >= 15 is 0 Å². The molecule has 5 atom stereocenters. The van der Waals surface area contributed by atoms with E-state index in [1.807, 2.05) is 0 Å². The maximum atomic E-state index is 12.4. The van der Waals surface area contributed by atoms with Gasteiger partial charge >= 0.3 is 0 Å². The molecule has 21 heavy (non-hydrogen) atoms. The molecule has 0 aromatic rings. The van der Waals surface area contributed by atoms with Gasteiger partial charge in [0.1, 0.15) is 5.78 Å². The molecule has 0 spiro atoms. The quantitative estimate of drug-likeness (QED) is 0.743. The van der Waals surface area contributed by atoms with Crippen molar-refractivity contribution in [2.75, 3.05) is 6.61 Å². The van der Waals surface area contributed by atoms with Crippen LogP contribution in [0.4, 0.5) is 0 Å². The molecule has 116 valence electrons. The van der Waals surface area contributed by atoms with Crippen LogP contribution in [0.1, 0.15) is 64.7 Å². The molecule has 1 N–H and O–H groups in total. The van der Waals surface area contributed by atoms with Gasteiger partial charge in [-0.2, -0.15) is 0 Å². The smallest absolute Gasteiger partial charge is 0.141 e. The van der Waals surface area contributed by atoms with Crippen molar-refractivity contribution >= 4 is 5.78 Å². The van der Waals surface area contributed by atoms with Gasteiger partial charge in [-0.25, -0.2) is 0 Å². The lowest BCUT2D eigenvalue weighted by Gasteiger charge is -2.56. The highest BCUT2D eigenvalue weighted by Crippen LogP contribution is 2.63. The zero-order valence-corrected chi connectivity index (χ0v) is 13.2. The highest BCUT2D eigenvalue weighted by atomic mass is 16.3. The zero-order chi connectivity index (χ0) is 14.7. The summed E-state index contributed by atoms with van der Waals surface area (Å²) in [6.45, 7) is 2.59. The summed E-state index contributed by atoms with van der Waals surface area (Å²) in [6.07, 6.45) is 12.9. The summed E-state index contributed by atoms with van der Waals surface area (Å²) in [6, 6.07) is 0. The van der Waals surface area contributed by atoms with Crippen LogP contribution < -0.4 is 0 Å². The molecule has 0 aromatic heterocycles. The van der Waals surface area contributed by atoms with Crippen LogP contribution in [0.15, 0.2) is 11.6 Å². The Bertz CT molecular complexity index is 494. The minimum Gasteiger partial charge on any atom is -0.395 e. The molecule has 2 nitrogen and oxygen atoms in total. The van der Waals surface area contributed by atoms with Crippen LogP contribution in [0.5, 0.6) is 0 Å². The number of hydrogen-bond acceptors (Lipinski definition) is 2.